The molecule has 8 heteroatoms. The van der Waals surface area contributed by atoms with Crippen LogP contribution >= 0.6 is 0 Å². The van der Waals surface area contributed by atoms with Crippen LogP contribution in [0.3, 0.4) is 0 Å². The maximum atomic E-state index is 13.4. The molecule has 158 valence electrons. The van der Waals surface area contributed by atoms with Gasteiger partial charge in [0.1, 0.15) is 5.82 Å². The Balaban J connectivity index is 1.83. The number of hydrogen-bond acceptors (Lipinski definition) is 5. The molecule has 0 aromatic heterocycles. The second kappa shape index (κ2) is 9.21. The van der Waals surface area contributed by atoms with Crippen molar-refractivity contribution in [3.05, 3.63) is 59.9 Å². The van der Waals surface area contributed by atoms with Gasteiger partial charge in [0.05, 0.1) is 23.2 Å². The van der Waals surface area contributed by atoms with Crippen LogP contribution in [0.5, 0.6) is 0 Å². The fourth-order valence-corrected chi connectivity index (χ4v) is 4.87. The summed E-state index contributed by atoms with van der Waals surface area (Å²) in [5.74, 6) is -0.445. The monoisotopic (exact) mass is 421 g/mol. The van der Waals surface area contributed by atoms with E-state index >= 15 is 0 Å². The maximum Gasteiger partial charge on any atom is 0.264 e. The zero-order valence-electron chi connectivity index (χ0n) is 16.8. The molecular formula is C21H28FN3O3S. The number of aryl methyl sites for hydroxylation is 1. The van der Waals surface area contributed by atoms with Crippen molar-refractivity contribution < 1.29 is 17.9 Å². The molecular weight excluding hydrogens is 393 g/mol. The Kier molecular flexibility index (Phi) is 6.89. The van der Waals surface area contributed by atoms with Crippen LogP contribution in [0.1, 0.15) is 5.56 Å². The molecule has 0 aliphatic carbocycles. The van der Waals surface area contributed by atoms with Crippen LogP contribution in [0.25, 0.3) is 0 Å². The number of β-amino-alcohol motifs (C(OH)–C–C–N with tert-alkyl or cyclic N) is 1. The number of halogens is 1. The highest BCUT2D eigenvalue weighted by molar-refractivity contribution is 7.92. The minimum atomic E-state index is -3.90. The summed E-state index contributed by atoms with van der Waals surface area (Å²) in [6, 6.07) is 11.8. The van der Waals surface area contributed by atoms with E-state index in [0.717, 1.165) is 36.0 Å². The number of aliphatic hydroxyl groups excluding tert-OH is 1. The number of benzene rings is 2. The molecule has 1 N–H and O–H groups in total. The molecule has 29 heavy (non-hydrogen) atoms. The van der Waals surface area contributed by atoms with Gasteiger partial charge >= 0.3 is 0 Å². The molecule has 0 saturated carbocycles. The van der Waals surface area contributed by atoms with Crippen molar-refractivity contribution >= 4 is 15.7 Å². The van der Waals surface area contributed by atoms with Gasteiger partial charge in [-0.1, -0.05) is 17.7 Å². The molecule has 1 fully saturated rings. The Morgan fingerprint density at radius 3 is 2.21 bits per heavy atom. The van der Waals surface area contributed by atoms with E-state index in [-0.39, 0.29) is 11.4 Å². The van der Waals surface area contributed by atoms with Crippen molar-refractivity contribution in [1.29, 1.82) is 0 Å². The van der Waals surface area contributed by atoms with Crippen molar-refractivity contribution in [3.63, 3.8) is 0 Å². The number of rotatable bonds is 7. The van der Waals surface area contributed by atoms with Crippen LogP contribution in [0.15, 0.2) is 53.4 Å². The van der Waals surface area contributed by atoms with E-state index in [4.69, 9.17) is 0 Å². The standard InChI is InChI=1S/C21H28FN3O3S/c1-17-3-9-21(10-4-17)29(27,28)25(19-7-5-18(22)6-8-19)16-20(26)15-24-13-11-23(2)12-14-24/h3-10,20,26H,11-16H2,1-2H3/t20-/m1/s1. The highest BCUT2D eigenvalue weighted by atomic mass is 32.2. The Labute approximate surface area is 172 Å². The molecule has 0 amide bonds. The van der Waals surface area contributed by atoms with Crippen molar-refractivity contribution in [3.8, 4) is 0 Å². The molecule has 0 radical (unpaired) electrons. The third-order valence-electron chi connectivity index (χ3n) is 5.17. The molecule has 3 rings (SSSR count). The predicted octanol–water partition coefficient (Wildman–Crippen LogP) is 1.94. The number of hydrogen-bond donors (Lipinski definition) is 1. The first kappa shape index (κ1) is 21.7. The van der Waals surface area contributed by atoms with Gasteiger partial charge in [0, 0.05) is 32.7 Å². The van der Waals surface area contributed by atoms with Gasteiger partial charge in [0.2, 0.25) is 0 Å². The normalized spacial score (nSPS) is 17.2. The third kappa shape index (κ3) is 5.54. The number of likely N-dealkylation sites (N-methyl/N-ethyl adjacent to an activating group) is 1. The molecule has 0 spiro atoms. The van der Waals surface area contributed by atoms with E-state index in [9.17, 15) is 17.9 Å². The van der Waals surface area contributed by atoms with Crippen molar-refractivity contribution in [1.82, 2.24) is 9.80 Å². The van der Waals surface area contributed by atoms with Crippen LogP contribution in [0, 0.1) is 12.7 Å². The SMILES string of the molecule is Cc1ccc(S(=O)(=O)N(C[C@H](O)CN2CCN(C)CC2)c2ccc(F)cc2)cc1. The number of nitrogens with zero attached hydrogens (tertiary/aromatic N) is 3. The average Bonchev–Trinajstić information content (AvgIpc) is 2.69. The molecule has 1 heterocycles. The van der Waals surface area contributed by atoms with Gasteiger partial charge in [-0.25, -0.2) is 12.8 Å². The Hall–Kier alpha value is -2.00. The van der Waals surface area contributed by atoms with Gasteiger partial charge in [0.15, 0.2) is 0 Å². The van der Waals surface area contributed by atoms with Gasteiger partial charge < -0.3 is 10.0 Å². The summed E-state index contributed by atoms with van der Waals surface area (Å²) in [5.41, 5.74) is 1.27. The minimum absolute atomic E-state index is 0.103. The lowest BCUT2D eigenvalue weighted by atomic mass is 10.2. The molecule has 1 saturated heterocycles. The van der Waals surface area contributed by atoms with Gasteiger partial charge in [-0.2, -0.15) is 0 Å². The van der Waals surface area contributed by atoms with E-state index < -0.39 is 21.9 Å². The second-order valence-electron chi connectivity index (χ2n) is 7.58. The molecule has 6 nitrogen and oxygen atoms in total. The first-order valence-electron chi connectivity index (χ1n) is 9.69. The van der Waals surface area contributed by atoms with Gasteiger partial charge in [0.25, 0.3) is 10.0 Å². The lowest BCUT2D eigenvalue weighted by Crippen LogP contribution is -2.49. The maximum absolute atomic E-state index is 13.4. The molecule has 1 aliphatic rings. The van der Waals surface area contributed by atoms with Crippen LogP contribution in [-0.4, -0.2) is 75.7 Å². The van der Waals surface area contributed by atoms with Crippen LogP contribution in [0.4, 0.5) is 10.1 Å². The topological polar surface area (TPSA) is 64.1 Å². The molecule has 0 bridgehead atoms. The Morgan fingerprint density at radius 1 is 1.03 bits per heavy atom. The minimum Gasteiger partial charge on any atom is -0.390 e. The molecule has 1 atom stereocenters. The van der Waals surface area contributed by atoms with E-state index in [1.807, 2.05) is 6.92 Å². The van der Waals surface area contributed by atoms with Gasteiger partial charge in [-0.3, -0.25) is 9.21 Å². The number of sulfonamides is 1. The van der Waals surface area contributed by atoms with E-state index in [1.54, 1.807) is 24.3 Å². The number of anilines is 1. The second-order valence-corrected chi connectivity index (χ2v) is 9.45. The van der Waals surface area contributed by atoms with Gasteiger partial charge in [-0.05, 0) is 50.4 Å². The summed E-state index contributed by atoms with van der Waals surface area (Å²) in [6.07, 6.45) is -0.872. The summed E-state index contributed by atoms with van der Waals surface area (Å²) in [5, 5.41) is 10.7. The average molecular weight is 422 g/mol. The van der Waals surface area contributed by atoms with Crippen LogP contribution < -0.4 is 4.31 Å². The Morgan fingerprint density at radius 2 is 1.62 bits per heavy atom. The summed E-state index contributed by atoms with van der Waals surface area (Å²) in [7, 11) is -1.85. The largest absolute Gasteiger partial charge is 0.390 e. The van der Waals surface area contributed by atoms with Crippen molar-refractivity contribution in [2.45, 2.75) is 17.9 Å². The van der Waals surface area contributed by atoms with E-state index in [1.165, 1.54) is 24.3 Å². The van der Waals surface area contributed by atoms with Crippen molar-refractivity contribution in [2.75, 3.05) is 50.6 Å². The Bertz CT molecular complexity index is 896. The highest BCUT2D eigenvalue weighted by Crippen LogP contribution is 2.25. The van der Waals surface area contributed by atoms with Crippen LogP contribution in [0.2, 0.25) is 0 Å². The lowest BCUT2D eigenvalue weighted by Gasteiger charge is -2.34. The van der Waals surface area contributed by atoms with Crippen LogP contribution in [-0.2, 0) is 10.0 Å². The fraction of sp³-hybridized carbons (Fsp3) is 0.429. The zero-order chi connectivity index (χ0) is 21.0. The zero-order valence-corrected chi connectivity index (χ0v) is 17.6. The lowest BCUT2D eigenvalue weighted by molar-refractivity contribution is 0.0853. The molecule has 2 aromatic rings. The quantitative estimate of drug-likeness (QED) is 0.740. The van der Waals surface area contributed by atoms with E-state index in [0.29, 0.717) is 12.2 Å². The summed E-state index contributed by atoms with van der Waals surface area (Å²) in [6.45, 7) is 5.65. The predicted molar refractivity (Wildman–Crippen MR) is 112 cm³/mol. The highest BCUT2D eigenvalue weighted by Gasteiger charge is 2.28. The first-order chi connectivity index (χ1) is 13.8. The van der Waals surface area contributed by atoms with Gasteiger partial charge in [-0.15, -0.1) is 0 Å². The smallest absolute Gasteiger partial charge is 0.264 e. The first-order valence-corrected chi connectivity index (χ1v) is 11.1. The van der Waals surface area contributed by atoms with Crippen molar-refractivity contribution in [2.24, 2.45) is 0 Å². The fourth-order valence-electron chi connectivity index (χ4n) is 3.36. The molecule has 0 unspecified atom stereocenters. The summed E-state index contributed by atoms with van der Waals surface area (Å²) >= 11 is 0. The third-order valence-corrected chi connectivity index (χ3v) is 6.97. The number of aliphatic hydroxyl groups is 1. The number of piperazine rings is 1. The summed E-state index contributed by atoms with van der Waals surface area (Å²) in [4.78, 5) is 4.49. The molecule has 1 aliphatic heterocycles. The van der Waals surface area contributed by atoms with E-state index in [2.05, 4.69) is 16.8 Å². The summed E-state index contributed by atoms with van der Waals surface area (Å²) < 4.78 is 41.2. The molecule has 2 aromatic carbocycles.